The van der Waals surface area contributed by atoms with E-state index in [2.05, 4.69) is 4.98 Å². The summed E-state index contributed by atoms with van der Waals surface area (Å²) in [5.41, 5.74) is 2.29. The smallest absolute Gasteiger partial charge is 0.407 e. The molecule has 3 rings (SSSR count). The van der Waals surface area contributed by atoms with Crippen molar-refractivity contribution in [3.05, 3.63) is 29.6 Å². The Morgan fingerprint density at radius 1 is 1.25 bits per heavy atom. The summed E-state index contributed by atoms with van der Waals surface area (Å²) >= 11 is 1.32. The molecule has 2 heterocycles. The monoisotopic (exact) mass is 402 g/mol. The summed E-state index contributed by atoms with van der Waals surface area (Å²) in [5.74, 6) is -0.341. The van der Waals surface area contributed by atoms with E-state index in [0.29, 0.717) is 30.2 Å². The van der Waals surface area contributed by atoms with Crippen molar-refractivity contribution >= 4 is 40.1 Å². The minimum Gasteiger partial charge on any atom is -0.465 e. The van der Waals surface area contributed by atoms with Crippen LogP contribution in [0.4, 0.5) is 15.6 Å². The molecule has 0 radical (unpaired) electrons. The van der Waals surface area contributed by atoms with Gasteiger partial charge in [-0.15, -0.1) is 11.3 Å². The Labute approximate surface area is 167 Å². The number of likely N-dealkylation sites (N-methyl/N-ethyl adjacent to an activating group) is 1. The van der Waals surface area contributed by atoms with Crippen LogP contribution in [0, 0.1) is 0 Å². The first-order valence-corrected chi connectivity index (χ1v) is 9.75. The van der Waals surface area contributed by atoms with Crippen LogP contribution in [0.3, 0.4) is 0 Å². The Hall–Kier alpha value is -2.94. The van der Waals surface area contributed by atoms with Crippen LogP contribution in [0.15, 0.2) is 29.6 Å². The summed E-state index contributed by atoms with van der Waals surface area (Å²) in [6.45, 7) is 1.87. The van der Waals surface area contributed by atoms with Gasteiger partial charge in [0.2, 0.25) is 5.91 Å². The number of benzene rings is 1. The first kappa shape index (κ1) is 19.8. The molecule has 9 heteroatoms. The molecule has 1 aliphatic rings. The van der Waals surface area contributed by atoms with Crippen LogP contribution in [0.25, 0.3) is 11.3 Å². The van der Waals surface area contributed by atoms with E-state index in [9.17, 15) is 19.5 Å². The molecule has 1 N–H and O–H groups in total. The molecule has 1 saturated heterocycles. The van der Waals surface area contributed by atoms with Gasteiger partial charge in [-0.05, 0) is 25.0 Å². The van der Waals surface area contributed by atoms with Crippen LogP contribution in [0.5, 0.6) is 0 Å². The first-order chi connectivity index (χ1) is 13.3. The summed E-state index contributed by atoms with van der Waals surface area (Å²) in [4.78, 5) is 44.4. The summed E-state index contributed by atoms with van der Waals surface area (Å²) in [5, 5.41) is 11.6. The average molecular weight is 402 g/mol. The van der Waals surface area contributed by atoms with Gasteiger partial charge < -0.3 is 10.0 Å². The third kappa shape index (κ3) is 3.84. The highest BCUT2D eigenvalue weighted by atomic mass is 32.1. The highest BCUT2D eigenvalue weighted by Gasteiger charge is 2.36. The Balaban J connectivity index is 1.80. The van der Waals surface area contributed by atoms with Crippen LogP contribution < -0.4 is 9.80 Å². The summed E-state index contributed by atoms with van der Waals surface area (Å²) < 4.78 is 0. The van der Waals surface area contributed by atoms with Crippen LogP contribution in [0.1, 0.15) is 19.8 Å². The molecule has 1 atom stereocenters. The number of aromatic nitrogens is 1. The van der Waals surface area contributed by atoms with Crippen molar-refractivity contribution in [2.75, 3.05) is 30.4 Å². The number of likely N-dealkylation sites (tertiary alicyclic amines) is 1. The molecule has 148 valence electrons. The Morgan fingerprint density at radius 3 is 2.68 bits per heavy atom. The Bertz CT molecular complexity index is 913. The number of carbonyl (C=O) groups excluding carboxylic acids is 2. The van der Waals surface area contributed by atoms with E-state index in [1.54, 1.807) is 19.0 Å². The van der Waals surface area contributed by atoms with Gasteiger partial charge in [-0.3, -0.25) is 19.4 Å². The standard InChI is InChI=1S/C19H22N4O4S/c1-12(24)21(2)14-7-4-6-13(10-14)15-11-28-18(20-15)22(3)17(25)16-8-5-9-23(16)19(26)27/h4,6-7,10-11,16H,5,8-9H2,1-3H3,(H,26,27). The zero-order valence-electron chi connectivity index (χ0n) is 16.0. The molecule has 0 aliphatic carbocycles. The number of amides is 3. The van der Waals surface area contributed by atoms with Crippen LogP contribution in [0.2, 0.25) is 0 Å². The maximum atomic E-state index is 12.8. The minimum atomic E-state index is -1.07. The zero-order chi connectivity index (χ0) is 20.4. The fraction of sp³-hybridized carbons (Fsp3) is 0.368. The average Bonchev–Trinajstić information content (AvgIpc) is 3.35. The second-order valence-electron chi connectivity index (χ2n) is 6.67. The molecule has 1 fully saturated rings. The predicted octanol–water partition coefficient (Wildman–Crippen LogP) is 2.90. The lowest BCUT2D eigenvalue weighted by atomic mass is 10.1. The molecule has 0 saturated carbocycles. The van der Waals surface area contributed by atoms with E-state index in [0.717, 1.165) is 11.3 Å². The molecule has 1 aliphatic heterocycles. The van der Waals surface area contributed by atoms with Gasteiger partial charge in [-0.1, -0.05) is 12.1 Å². The van der Waals surface area contributed by atoms with E-state index in [4.69, 9.17) is 0 Å². The van der Waals surface area contributed by atoms with Crippen molar-refractivity contribution in [2.45, 2.75) is 25.8 Å². The second-order valence-corrected chi connectivity index (χ2v) is 7.51. The number of hydrogen-bond acceptors (Lipinski definition) is 5. The number of nitrogens with zero attached hydrogens (tertiary/aromatic N) is 4. The van der Waals surface area contributed by atoms with Crippen LogP contribution in [-0.2, 0) is 9.59 Å². The molecule has 2 aromatic rings. The summed E-state index contributed by atoms with van der Waals surface area (Å²) in [6.07, 6.45) is 0.124. The van der Waals surface area contributed by atoms with Crippen molar-refractivity contribution in [3.63, 3.8) is 0 Å². The Morgan fingerprint density at radius 2 is 2.00 bits per heavy atom. The largest absolute Gasteiger partial charge is 0.465 e. The maximum Gasteiger partial charge on any atom is 0.407 e. The number of carboxylic acid groups (broad SMARTS) is 1. The van der Waals surface area contributed by atoms with Crippen molar-refractivity contribution in [3.8, 4) is 11.3 Å². The minimum absolute atomic E-state index is 0.0685. The van der Waals surface area contributed by atoms with Gasteiger partial charge in [0.1, 0.15) is 6.04 Å². The highest BCUT2D eigenvalue weighted by molar-refractivity contribution is 7.14. The van der Waals surface area contributed by atoms with Gasteiger partial charge in [-0.25, -0.2) is 9.78 Å². The fourth-order valence-corrected chi connectivity index (χ4v) is 3.98. The van der Waals surface area contributed by atoms with Gasteiger partial charge in [0.15, 0.2) is 5.13 Å². The lowest BCUT2D eigenvalue weighted by Gasteiger charge is -2.24. The molecular formula is C19H22N4O4S. The molecular weight excluding hydrogens is 380 g/mol. The lowest BCUT2D eigenvalue weighted by molar-refractivity contribution is -0.122. The quantitative estimate of drug-likeness (QED) is 0.849. The normalized spacial score (nSPS) is 16.1. The maximum absolute atomic E-state index is 12.8. The third-order valence-corrected chi connectivity index (χ3v) is 5.81. The van der Waals surface area contributed by atoms with Crippen molar-refractivity contribution in [1.82, 2.24) is 9.88 Å². The van der Waals surface area contributed by atoms with Crippen molar-refractivity contribution in [1.29, 1.82) is 0 Å². The molecule has 0 bridgehead atoms. The van der Waals surface area contributed by atoms with Gasteiger partial charge >= 0.3 is 6.09 Å². The molecule has 1 aromatic heterocycles. The number of anilines is 2. The number of rotatable bonds is 4. The van der Waals surface area contributed by atoms with Gasteiger partial charge in [-0.2, -0.15) is 0 Å². The molecule has 8 nitrogen and oxygen atoms in total. The fourth-order valence-electron chi connectivity index (χ4n) is 3.18. The molecule has 28 heavy (non-hydrogen) atoms. The third-order valence-electron chi connectivity index (χ3n) is 4.89. The molecule has 0 spiro atoms. The zero-order valence-corrected chi connectivity index (χ0v) is 16.8. The SMILES string of the molecule is CC(=O)N(C)c1cccc(-c2csc(N(C)C(=O)C3CCCN3C(=O)O)n2)c1. The Kier molecular flexibility index (Phi) is 5.64. The number of thiazole rings is 1. The molecule has 1 unspecified atom stereocenters. The number of carbonyl (C=O) groups is 3. The van der Waals surface area contributed by atoms with Crippen LogP contribution in [-0.4, -0.2) is 59.6 Å². The summed E-state index contributed by atoms with van der Waals surface area (Å²) in [7, 11) is 3.32. The second kappa shape index (κ2) is 7.97. The van der Waals surface area contributed by atoms with E-state index in [1.807, 2.05) is 29.6 Å². The van der Waals surface area contributed by atoms with Crippen molar-refractivity contribution in [2.24, 2.45) is 0 Å². The van der Waals surface area contributed by atoms with E-state index < -0.39 is 12.1 Å². The van der Waals surface area contributed by atoms with Crippen LogP contribution >= 0.6 is 11.3 Å². The number of hydrogen-bond donors (Lipinski definition) is 1. The summed E-state index contributed by atoms with van der Waals surface area (Å²) in [6, 6.07) is 6.78. The lowest BCUT2D eigenvalue weighted by Crippen LogP contribution is -2.46. The topological polar surface area (TPSA) is 94.1 Å². The highest BCUT2D eigenvalue weighted by Crippen LogP contribution is 2.30. The van der Waals surface area contributed by atoms with Gasteiger partial charge in [0.25, 0.3) is 5.91 Å². The molecule has 1 aromatic carbocycles. The first-order valence-electron chi connectivity index (χ1n) is 8.87. The van der Waals surface area contributed by atoms with Gasteiger partial charge in [0, 0.05) is 44.2 Å². The van der Waals surface area contributed by atoms with E-state index in [1.165, 1.54) is 28.1 Å². The predicted molar refractivity (Wildman–Crippen MR) is 108 cm³/mol. The van der Waals surface area contributed by atoms with E-state index >= 15 is 0 Å². The molecule has 3 amide bonds. The van der Waals surface area contributed by atoms with Crippen molar-refractivity contribution < 1.29 is 19.5 Å². The van der Waals surface area contributed by atoms with Gasteiger partial charge in [0.05, 0.1) is 5.69 Å². The van der Waals surface area contributed by atoms with E-state index in [-0.39, 0.29) is 11.8 Å².